The Hall–Kier alpha value is -1.60. The molecule has 0 aromatic heterocycles. The van der Waals surface area contributed by atoms with Gasteiger partial charge < -0.3 is 9.84 Å². The molecule has 1 aromatic carbocycles. The molecule has 2 rings (SSSR count). The molecule has 24 heavy (non-hydrogen) atoms. The lowest BCUT2D eigenvalue weighted by Crippen LogP contribution is -2.52. The van der Waals surface area contributed by atoms with E-state index < -0.39 is 33.3 Å². The van der Waals surface area contributed by atoms with Crippen molar-refractivity contribution in [2.24, 2.45) is 0 Å². The fraction of sp³-hybridized carbons (Fsp3) is 0.588. The normalized spacial score (nSPS) is 22.1. The van der Waals surface area contributed by atoms with E-state index in [1.165, 1.54) is 11.2 Å². The quantitative estimate of drug-likeness (QED) is 0.843. The molecule has 3 unspecified atom stereocenters. The highest BCUT2D eigenvalue weighted by atomic mass is 32.2. The Bertz CT molecular complexity index is 646. The van der Waals surface area contributed by atoms with Crippen LogP contribution in [0, 0.1) is 0 Å². The fourth-order valence-electron chi connectivity index (χ4n) is 3.25. The van der Waals surface area contributed by atoms with E-state index in [1.54, 1.807) is 6.92 Å². The third kappa shape index (κ3) is 4.48. The monoisotopic (exact) mass is 355 g/mol. The minimum atomic E-state index is -3.27. The van der Waals surface area contributed by atoms with Crippen LogP contribution in [0.2, 0.25) is 0 Å². The lowest BCUT2D eigenvalue weighted by atomic mass is 10.1. The van der Waals surface area contributed by atoms with Crippen molar-refractivity contribution in [3.05, 3.63) is 35.9 Å². The van der Waals surface area contributed by atoms with Crippen molar-refractivity contribution < 1.29 is 23.1 Å². The van der Waals surface area contributed by atoms with Crippen LogP contribution in [0.3, 0.4) is 0 Å². The number of amides is 1. The number of carbonyl (C=O) groups is 1. The number of hydrogen-bond donors (Lipinski definition) is 1. The van der Waals surface area contributed by atoms with Gasteiger partial charge in [0.05, 0.1) is 23.9 Å². The van der Waals surface area contributed by atoms with Gasteiger partial charge in [-0.15, -0.1) is 0 Å². The molecule has 0 spiro atoms. The van der Waals surface area contributed by atoms with Crippen molar-refractivity contribution in [2.45, 2.75) is 50.1 Å². The third-order valence-electron chi connectivity index (χ3n) is 4.48. The standard InChI is InChI=1S/C17H25NO5S/c1-13(11-19)18(15-9-6-10-16(15)24(2,21)22)17(20)23-12-14-7-4-3-5-8-14/h3-5,7-8,13,15-16,19H,6,9-12H2,1-2H3. The Morgan fingerprint density at radius 1 is 1.33 bits per heavy atom. The first-order chi connectivity index (χ1) is 11.3. The molecule has 1 saturated carbocycles. The van der Waals surface area contributed by atoms with Crippen molar-refractivity contribution in [1.82, 2.24) is 4.90 Å². The van der Waals surface area contributed by atoms with Gasteiger partial charge in [0.15, 0.2) is 9.84 Å². The summed E-state index contributed by atoms with van der Waals surface area (Å²) < 4.78 is 29.4. The topological polar surface area (TPSA) is 83.9 Å². The molecule has 1 aliphatic rings. The van der Waals surface area contributed by atoms with Crippen LogP contribution in [0.25, 0.3) is 0 Å². The van der Waals surface area contributed by atoms with Crippen LogP contribution < -0.4 is 0 Å². The molecule has 1 amide bonds. The molecule has 0 saturated heterocycles. The van der Waals surface area contributed by atoms with E-state index in [9.17, 15) is 18.3 Å². The maximum absolute atomic E-state index is 12.6. The lowest BCUT2D eigenvalue weighted by Gasteiger charge is -2.35. The number of carbonyl (C=O) groups excluding carboxylic acids is 1. The summed E-state index contributed by atoms with van der Waals surface area (Å²) in [6.45, 7) is 1.57. The molecular formula is C17H25NO5S. The van der Waals surface area contributed by atoms with Gasteiger partial charge in [-0.25, -0.2) is 13.2 Å². The molecule has 1 aromatic rings. The van der Waals surface area contributed by atoms with Crippen LogP contribution in [-0.2, 0) is 21.2 Å². The van der Waals surface area contributed by atoms with E-state index in [4.69, 9.17) is 4.74 Å². The molecule has 1 N–H and O–H groups in total. The maximum Gasteiger partial charge on any atom is 0.410 e. The van der Waals surface area contributed by atoms with Crippen LogP contribution in [0.4, 0.5) is 4.79 Å². The van der Waals surface area contributed by atoms with Gasteiger partial charge in [0.25, 0.3) is 0 Å². The molecule has 0 radical (unpaired) electrons. The number of aliphatic hydroxyl groups is 1. The second-order valence-electron chi connectivity index (χ2n) is 6.35. The largest absolute Gasteiger partial charge is 0.445 e. The summed E-state index contributed by atoms with van der Waals surface area (Å²) in [5.41, 5.74) is 0.855. The van der Waals surface area contributed by atoms with Gasteiger partial charge in [0, 0.05) is 6.26 Å². The lowest BCUT2D eigenvalue weighted by molar-refractivity contribution is 0.0502. The minimum absolute atomic E-state index is 0.116. The molecule has 0 bridgehead atoms. The highest BCUT2D eigenvalue weighted by Crippen LogP contribution is 2.31. The Labute approximate surface area is 143 Å². The second kappa shape index (κ2) is 7.98. The molecule has 7 heteroatoms. The highest BCUT2D eigenvalue weighted by Gasteiger charge is 2.42. The molecule has 0 aliphatic heterocycles. The average molecular weight is 355 g/mol. The smallest absolute Gasteiger partial charge is 0.410 e. The Kier molecular flexibility index (Phi) is 6.23. The number of rotatable bonds is 6. The van der Waals surface area contributed by atoms with Crippen LogP contribution in [0.15, 0.2) is 30.3 Å². The summed E-state index contributed by atoms with van der Waals surface area (Å²) in [6.07, 6.45) is 2.49. The Balaban J connectivity index is 2.14. The number of benzene rings is 1. The Morgan fingerprint density at radius 2 is 2.00 bits per heavy atom. The first kappa shape index (κ1) is 18.7. The SMILES string of the molecule is CC(CO)N(C(=O)OCc1ccccc1)C1CCCC1S(C)(=O)=O. The minimum Gasteiger partial charge on any atom is -0.445 e. The zero-order valence-electron chi connectivity index (χ0n) is 14.1. The van der Waals surface area contributed by atoms with Gasteiger partial charge in [0.2, 0.25) is 0 Å². The van der Waals surface area contributed by atoms with Crippen LogP contribution in [0.1, 0.15) is 31.7 Å². The summed E-state index contributed by atoms with van der Waals surface area (Å²) in [6, 6.07) is 8.33. The van der Waals surface area contributed by atoms with Crippen LogP contribution in [-0.4, -0.2) is 54.7 Å². The van der Waals surface area contributed by atoms with Crippen molar-refractivity contribution in [3.63, 3.8) is 0 Å². The summed E-state index contributed by atoms with van der Waals surface area (Å²) in [5.74, 6) is 0. The van der Waals surface area contributed by atoms with E-state index in [1.807, 2.05) is 30.3 Å². The van der Waals surface area contributed by atoms with Crippen molar-refractivity contribution >= 4 is 15.9 Å². The van der Waals surface area contributed by atoms with Gasteiger partial charge >= 0.3 is 6.09 Å². The number of hydrogen-bond acceptors (Lipinski definition) is 5. The van der Waals surface area contributed by atoms with Crippen molar-refractivity contribution in [1.29, 1.82) is 0 Å². The zero-order valence-corrected chi connectivity index (χ0v) is 14.9. The first-order valence-electron chi connectivity index (χ1n) is 8.13. The fourth-order valence-corrected chi connectivity index (χ4v) is 4.68. The summed E-state index contributed by atoms with van der Waals surface area (Å²) >= 11 is 0. The summed E-state index contributed by atoms with van der Waals surface area (Å²) in [4.78, 5) is 14.0. The van der Waals surface area contributed by atoms with E-state index in [0.717, 1.165) is 12.0 Å². The van der Waals surface area contributed by atoms with E-state index in [-0.39, 0.29) is 13.2 Å². The summed E-state index contributed by atoms with van der Waals surface area (Å²) in [7, 11) is -3.27. The van der Waals surface area contributed by atoms with Gasteiger partial charge in [0.1, 0.15) is 6.61 Å². The molecule has 6 nitrogen and oxygen atoms in total. The predicted octanol–water partition coefficient (Wildman–Crippen LogP) is 1.97. The first-order valence-corrected chi connectivity index (χ1v) is 10.1. The number of nitrogens with zero attached hydrogens (tertiary/aromatic N) is 1. The van der Waals surface area contributed by atoms with Crippen molar-refractivity contribution in [3.8, 4) is 0 Å². The summed E-state index contributed by atoms with van der Waals surface area (Å²) in [5, 5.41) is 8.89. The number of aliphatic hydroxyl groups excluding tert-OH is 1. The third-order valence-corrected chi connectivity index (χ3v) is 6.13. The van der Waals surface area contributed by atoms with Crippen molar-refractivity contribution in [2.75, 3.05) is 12.9 Å². The Morgan fingerprint density at radius 3 is 2.58 bits per heavy atom. The average Bonchev–Trinajstić information content (AvgIpc) is 3.03. The number of ether oxygens (including phenoxy) is 1. The number of sulfone groups is 1. The molecule has 134 valence electrons. The van der Waals surface area contributed by atoms with Crippen LogP contribution in [0.5, 0.6) is 0 Å². The maximum atomic E-state index is 12.6. The van der Waals surface area contributed by atoms with Gasteiger partial charge in [-0.2, -0.15) is 0 Å². The van der Waals surface area contributed by atoms with E-state index >= 15 is 0 Å². The predicted molar refractivity (Wildman–Crippen MR) is 91.3 cm³/mol. The zero-order chi connectivity index (χ0) is 17.7. The van der Waals surface area contributed by atoms with E-state index in [2.05, 4.69) is 0 Å². The van der Waals surface area contributed by atoms with Gasteiger partial charge in [-0.05, 0) is 31.7 Å². The van der Waals surface area contributed by atoms with Gasteiger partial charge in [-0.3, -0.25) is 4.90 Å². The molecule has 1 aliphatic carbocycles. The van der Waals surface area contributed by atoms with Gasteiger partial charge in [-0.1, -0.05) is 30.3 Å². The highest BCUT2D eigenvalue weighted by molar-refractivity contribution is 7.91. The van der Waals surface area contributed by atoms with E-state index in [0.29, 0.717) is 12.8 Å². The molecular weight excluding hydrogens is 330 g/mol. The molecule has 0 heterocycles. The van der Waals surface area contributed by atoms with Crippen LogP contribution >= 0.6 is 0 Å². The second-order valence-corrected chi connectivity index (χ2v) is 8.61. The molecule has 1 fully saturated rings. The molecule has 3 atom stereocenters.